The second kappa shape index (κ2) is 8.66. The van der Waals surface area contributed by atoms with E-state index in [9.17, 15) is 8.42 Å². The molecule has 1 saturated heterocycles. The lowest BCUT2D eigenvalue weighted by Gasteiger charge is -2.26. The molecule has 29 heavy (non-hydrogen) atoms. The van der Waals surface area contributed by atoms with Crippen molar-refractivity contribution >= 4 is 20.8 Å². The molecule has 1 aliphatic rings. The van der Waals surface area contributed by atoms with Gasteiger partial charge in [-0.05, 0) is 53.8 Å². The first kappa shape index (κ1) is 20.1. The zero-order chi connectivity index (χ0) is 20.3. The van der Waals surface area contributed by atoms with Gasteiger partial charge in [0, 0.05) is 25.7 Å². The second-order valence-electron chi connectivity index (χ2n) is 7.78. The summed E-state index contributed by atoms with van der Waals surface area (Å²) in [4.78, 5) is 0.400. The van der Waals surface area contributed by atoms with Gasteiger partial charge in [0.15, 0.2) is 0 Å². The zero-order valence-corrected chi connectivity index (χ0v) is 17.7. The number of hydrogen-bond donors (Lipinski definition) is 1. The van der Waals surface area contributed by atoms with Crippen LogP contribution in [0.2, 0.25) is 0 Å². The average molecular weight is 409 g/mol. The van der Waals surface area contributed by atoms with E-state index in [4.69, 9.17) is 0 Å². The maximum absolute atomic E-state index is 13.0. The molecule has 3 aromatic carbocycles. The minimum Gasteiger partial charge on any atom is -0.306 e. The third-order valence-electron chi connectivity index (χ3n) is 5.75. The molecule has 0 amide bonds. The van der Waals surface area contributed by atoms with Crippen molar-refractivity contribution in [3.05, 3.63) is 77.9 Å². The maximum Gasteiger partial charge on any atom is 0.243 e. The Morgan fingerprint density at radius 1 is 0.931 bits per heavy atom. The monoisotopic (exact) mass is 408 g/mol. The number of nitrogens with zero attached hydrogens (tertiary/aromatic N) is 1. The summed E-state index contributed by atoms with van der Waals surface area (Å²) in [7, 11) is -3.40. The molecule has 4 rings (SSSR count). The Morgan fingerprint density at radius 2 is 1.66 bits per heavy atom. The lowest BCUT2D eigenvalue weighted by molar-refractivity contribution is 0.346. The van der Waals surface area contributed by atoms with Gasteiger partial charge in [0.05, 0.1) is 4.90 Å². The highest BCUT2D eigenvalue weighted by Crippen LogP contribution is 2.25. The van der Waals surface area contributed by atoms with Gasteiger partial charge in [-0.25, -0.2) is 8.42 Å². The van der Waals surface area contributed by atoms with Gasteiger partial charge in [-0.15, -0.1) is 0 Å². The third kappa shape index (κ3) is 4.37. The molecule has 1 N–H and O–H groups in total. The van der Waals surface area contributed by atoms with Gasteiger partial charge in [0.25, 0.3) is 0 Å². The summed E-state index contributed by atoms with van der Waals surface area (Å²) in [6, 6.07) is 22.3. The number of benzene rings is 3. The van der Waals surface area contributed by atoms with E-state index in [1.165, 1.54) is 16.3 Å². The molecule has 5 heteroatoms. The highest BCUT2D eigenvalue weighted by Gasteiger charge is 2.25. The van der Waals surface area contributed by atoms with Gasteiger partial charge in [-0.2, -0.15) is 4.31 Å². The van der Waals surface area contributed by atoms with E-state index in [1.54, 1.807) is 10.4 Å². The van der Waals surface area contributed by atoms with Crippen molar-refractivity contribution in [1.29, 1.82) is 0 Å². The van der Waals surface area contributed by atoms with Crippen molar-refractivity contribution in [1.82, 2.24) is 9.62 Å². The van der Waals surface area contributed by atoms with Gasteiger partial charge < -0.3 is 5.32 Å². The fraction of sp³-hybridized carbons (Fsp3) is 0.333. The summed E-state index contributed by atoms with van der Waals surface area (Å²) in [5, 5.41) is 6.03. The molecule has 1 atom stereocenters. The Labute approximate surface area is 173 Å². The highest BCUT2D eigenvalue weighted by molar-refractivity contribution is 7.89. The Kier molecular flexibility index (Phi) is 5.99. The summed E-state index contributed by atoms with van der Waals surface area (Å²) < 4.78 is 27.5. The van der Waals surface area contributed by atoms with E-state index in [0.29, 0.717) is 24.5 Å². The second-order valence-corrected chi connectivity index (χ2v) is 9.72. The first-order valence-corrected chi connectivity index (χ1v) is 11.8. The summed E-state index contributed by atoms with van der Waals surface area (Å²) in [6.45, 7) is 4.02. The van der Waals surface area contributed by atoms with Crippen LogP contribution in [0.3, 0.4) is 0 Å². The SMILES string of the molecule is C[C@H](NCc1cccc(S(=O)(=O)N2CCCCC2)c1)c1cccc2ccccc12. The van der Waals surface area contributed by atoms with Crippen molar-refractivity contribution in [2.75, 3.05) is 13.1 Å². The van der Waals surface area contributed by atoms with Crippen LogP contribution in [0.5, 0.6) is 0 Å². The van der Waals surface area contributed by atoms with Crippen LogP contribution < -0.4 is 5.32 Å². The van der Waals surface area contributed by atoms with Crippen LogP contribution in [0.25, 0.3) is 10.8 Å². The Bertz CT molecular complexity index is 1080. The fourth-order valence-corrected chi connectivity index (χ4v) is 5.67. The largest absolute Gasteiger partial charge is 0.306 e. The standard InChI is InChI=1S/C24H28N2O2S/c1-19(23-14-8-11-21-10-3-4-13-24(21)23)25-18-20-9-7-12-22(17-20)29(27,28)26-15-5-2-6-16-26/h3-4,7-14,17,19,25H,2,5-6,15-16,18H2,1H3/t19-/m0/s1. The van der Waals surface area contributed by atoms with E-state index < -0.39 is 10.0 Å². The molecule has 0 saturated carbocycles. The van der Waals surface area contributed by atoms with Crippen molar-refractivity contribution in [2.24, 2.45) is 0 Å². The molecule has 1 fully saturated rings. The average Bonchev–Trinajstić information content (AvgIpc) is 2.78. The lowest BCUT2D eigenvalue weighted by atomic mass is 9.99. The molecular formula is C24H28N2O2S. The predicted molar refractivity (Wildman–Crippen MR) is 118 cm³/mol. The van der Waals surface area contributed by atoms with Crippen LogP contribution in [0.1, 0.15) is 43.4 Å². The molecule has 0 spiro atoms. The smallest absolute Gasteiger partial charge is 0.243 e. The molecule has 1 heterocycles. The van der Waals surface area contributed by atoms with Crippen LogP contribution in [-0.4, -0.2) is 25.8 Å². The highest BCUT2D eigenvalue weighted by atomic mass is 32.2. The zero-order valence-electron chi connectivity index (χ0n) is 16.8. The van der Waals surface area contributed by atoms with Crippen LogP contribution >= 0.6 is 0 Å². The fourth-order valence-electron chi connectivity index (χ4n) is 4.08. The molecule has 3 aromatic rings. The van der Waals surface area contributed by atoms with Crippen LogP contribution in [-0.2, 0) is 16.6 Å². The molecule has 0 bridgehead atoms. The number of piperidine rings is 1. The number of nitrogens with one attached hydrogen (secondary N) is 1. The van der Waals surface area contributed by atoms with Crippen molar-refractivity contribution < 1.29 is 8.42 Å². The summed E-state index contributed by atoms with van der Waals surface area (Å²) in [6.07, 6.45) is 3.01. The quantitative estimate of drug-likeness (QED) is 0.633. The van der Waals surface area contributed by atoms with E-state index >= 15 is 0 Å². The first-order chi connectivity index (χ1) is 14.1. The third-order valence-corrected chi connectivity index (χ3v) is 7.65. The number of rotatable bonds is 6. The number of hydrogen-bond acceptors (Lipinski definition) is 3. The molecule has 0 radical (unpaired) electrons. The van der Waals surface area contributed by atoms with Crippen LogP contribution in [0, 0.1) is 0 Å². The molecule has 0 aromatic heterocycles. The Hall–Kier alpha value is -2.21. The maximum atomic E-state index is 13.0. The molecular weight excluding hydrogens is 380 g/mol. The number of fused-ring (bicyclic) bond motifs is 1. The van der Waals surface area contributed by atoms with Crippen molar-refractivity contribution in [3.63, 3.8) is 0 Å². The van der Waals surface area contributed by atoms with Gasteiger partial charge in [-0.1, -0.05) is 61.0 Å². The van der Waals surface area contributed by atoms with Crippen LogP contribution in [0.15, 0.2) is 71.6 Å². The lowest BCUT2D eigenvalue weighted by Crippen LogP contribution is -2.35. The summed E-state index contributed by atoms with van der Waals surface area (Å²) in [5.74, 6) is 0. The van der Waals surface area contributed by atoms with E-state index in [1.807, 2.05) is 18.2 Å². The molecule has 4 nitrogen and oxygen atoms in total. The summed E-state index contributed by atoms with van der Waals surface area (Å²) in [5.41, 5.74) is 2.23. The van der Waals surface area contributed by atoms with E-state index in [-0.39, 0.29) is 6.04 Å². The Morgan fingerprint density at radius 3 is 2.48 bits per heavy atom. The van der Waals surface area contributed by atoms with Crippen molar-refractivity contribution in [3.8, 4) is 0 Å². The van der Waals surface area contributed by atoms with Gasteiger partial charge in [0.2, 0.25) is 10.0 Å². The predicted octanol–water partition coefficient (Wildman–Crippen LogP) is 4.87. The minimum atomic E-state index is -3.40. The van der Waals surface area contributed by atoms with Gasteiger partial charge in [0.1, 0.15) is 0 Å². The van der Waals surface area contributed by atoms with Gasteiger partial charge in [-0.3, -0.25) is 0 Å². The number of sulfonamides is 1. The minimum absolute atomic E-state index is 0.156. The molecule has 1 aliphatic heterocycles. The summed E-state index contributed by atoms with van der Waals surface area (Å²) >= 11 is 0. The molecule has 152 valence electrons. The van der Waals surface area contributed by atoms with Gasteiger partial charge >= 0.3 is 0 Å². The molecule has 0 unspecified atom stereocenters. The molecule has 0 aliphatic carbocycles. The van der Waals surface area contributed by atoms with E-state index in [0.717, 1.165) is 24.8 Å². The van der Waals surface area contributed by atoms with Crippen molar-refractivity contribution in [2.45, 2.75) is 43.7 Å². The first-order valence-electron chi connectivity index (χ1n) is 10.4. The normalized spacial score (nSPS) is 16.7. The topological polar surface area (TPSA) is 49.4 Å². The Balaban J connectivity index is 1.49. The van der Waals surface area contributed by atoms with Crippen LogP contribution in [0.4, 0.5) is 0 Å². The van der Waals surface area contributed by atoms with E-state index in [2.05, 4.69) is 54.7 Å².